The van der Waals surface area contributed by atoms with Crippen LogP contribution in [-0.4, -0.2) is 9.97 Å². The molecule has 0 bridgehead atoms. The van der Waals surface area contributed by atoms with Crippen LogP contribution < -0.4 is 0 Å². The van der Waals surface area contributed by atoms with Crippen molar-refractivity contribution >= 4 is 0 Å². The highest BCUT2D eigenvalue weighted by Gasteiger charge is 2.01. The van der Waals surface area contributed by atoms with E-state index in [1.165, 1.54) is 11.1 Å². The molecule has 0 spiro atoms. The highest BCUT2D eigenvalue weighted by Crippen LogP contribution is 2.17. The lowest BCUT2D eigenvalue weighted by atomic mass is 10.1. The number of aromatic nitrogens is 2. The van der Waals surface area contributed by atoms with Gasteiger partial charge in [-0.1, -0.05) is 60.2 Å². The summed E-state index contributed by atoms with van der Waals surface area (Å²) in [6, 6.07) is 18.7. The molecule has 0 radical (unpaired) electrons. The Kier molecular flexibility index (Phi) is 3.55. The van der Waals surface area contributed by atoms with Gasteiger partial charge in [0.2, 0.25) is 0 Å². The van der Waals surface area contributed by atoms with Crippen molar-refractivity contribution in [3.8, 4) is 11.1 Å². The fourth-order valence-electron chi connectivity index (χ4n) is 2.11. The second kappa shape index (κ2) is 5.66. The number of benzene rings is 2. The third-order valence-corrected chi connectivity index (χ3v) is 3.30. The van der Waals surface area contributed by atoms with Crippen molar-refractivity contribution in [2.45, 2.75) is 13.3 Å². The molecule has 0 aliphatic rings. The molecular weight excluding hydrogens is 244 g/mol. The van der Waals surface area contributed by atoms with Gasteiger partial charge in [0.1, 0.15) is 5.82 Å². The molecule has 1 aromatic heterocycles. The molecule has 3 rings (SSSR count). The molecule has 0 saturated carbocycles. The summed E-state index contributed by atoms with van der Waals surface area (Å²) in [7, 11) is 0. The molecule has 2 heteroatoms. The molecule has 3 aromatic rings. The Morgan fingerprint density at radius 2 is 1.40 bits per heavy atom. The molecule has 0 aliphatic carbocycles. The zero-order valence-corrected chi connectivity index (χ0v) is 11.5. The van der Waals surface area contributed by atoms with Gasteiger partial charge in [-0.3, -0.25) is 0 Å². The van der Waals surface area contributed by atoms with Gasteiger partial charge in [0.25, 0.3) is 0 Å². The highest BCUT2D eigenvalue weighted by atomic mass is 14.9. The monoisotopic (exact) mass is 260 g/mol. The van der Waals surface area contributed by atoms with E-state index in [2.05, 4.69) is 53.3 Å². The van der Waals surface area contributed by atoms with Gasteiger partial charge >= 0.3 is 0 Å². The molecule has 0 unspecified atom stereocenters. The molecule has 0 fully saturated rings. The van der Waals surface area contributed by atoms with Crippen molar-refractivity contribution in [2.24, 2.45) is 0 Å². The van der Waals surface area contributed by atoms with Gasteiger partial charge in [-0.15, -0.1) is 0 Å². The predicted molar refractivity (Wildman–Crippen MR) is 81.5 cm³/mol. The highest BCUT2D eigenvalue weighted by molar-refractivity contribution is 5.60. The topological polar surface area (TPSA) is 25.8 Å². The second-order valence-electron chi connectivity index (χ2n) is 4.92. The van der Waals surface area contributed by atoms with Crippen molar-refractivity contribution in [1.29, 1.82) is 0 Å². The van der Waals surface area contributed by atoms with E-state index in [1.807, 2.05) is 30.6 Å². The van der Waals surface area contributed by atoms with Gasteiger partial charge < -0.3 is 0 Å². The van der Waals surface area contributed by atoms with Crippen LogP contribution in [0.25, 0.3) is 11.1 Å². The van der Waals surface area contributed by atoms with Gasteiger partial charge in [0, 0.05) is 24.4 Å². The van der Waals surface area contributed by atoms with Gasteiger partial charge in [-0.2, -0.15) is 0 Å². The second-order valence-corrected chi connectivity index (χ2v) is 4.92. The van der Waals surface area contributed by atoms with E-state index in [-0.39, 0.29) is 0 Å². The first-order valence-corrected chi connectivity index (χ1v) is 6.73. The van der Waals surface area contributed by atoms with Gasteiger partial charge in [0.15, 0.2) is 0 Å². The first-order chi connectivity index (χ1) is 9.81. The van der Waals surface area contributed by atoms with Crippen molar-refractivity contribution in [3.63, 3.8) is 0 Å². The fourth-order valence-corrected chi connectivity index (χ4v) is 2.11. The van der Waals surface area contributed by atoms with Gasteiger partial charge in [-0.05, 0) is 18.1 Å². The maximum Gasteiger partial charge on any atom is 0.132 e. The van der Waals surface area contributed by atoms with Crippen LogP contribution >= 0.6 is 0 Å². The summed E-state index contributed by atoms with van der Waals surface area (Å²) in [6.07, 6.45) is 4.56. The van der Waals surface area contributed by atoms with Crippen LogP contribution in [0.5, 0.6) is 0 Å². The van der Waals surface area contributed by atoms with E-state index in [1.54, 1.807) is 0 Å². The number of rotatable bonds is 3. The smallest absolute Gasteiger partial charge is 0.132 e. The number of hydrogen-bond donors (Lipinski definition) is 0. The Hall–Kier alpha value is -2.48. The van der Waals surface area contributed by atoms with E-state index in [9.17, 15) is 0 Å². The largest absolute Gasteiger partial charge is 0.240 e. The first kappa shape index (κ1) is 12.5. The van der Waals surface area contributed by atoms with Crippen LogP contribution in [0.2, 0.25) is 0 Å². The van der Waals surface area contributed by atoms with E-state index in [4.69, 9.17) is 0 Å². The van der Waals surface area contributed by atoms with E-state index in [0.717, 1.165) is 23.4 Å². The SMILES string of the molecule is Cc1ccc(Cc2ncc(-c3ccccc3)cn2)cc1. The lowest BCUT2D eigenvalue weighted by Gasteiger charge is -2.03. The lowest BCUT2D eigenvalue weighted by Crippen LogP contribution is -1.96. The van der Waals surface area contributed by atoms with Crippen molar-refractivity contribution in [1.82, 2.24) is 9.97 Å². The number of nitrogens with zero attached hydrogens (tertiary/aromatic N) is 2. The Morgan fingerprint density at radius 3 is 2.05 bits per heavy atom. The molecule has 0 N–H and O–H groups in total. The van der Waals surface area contributed by atoms with E-state index in [0.29, 0.717) is 0 Å². The standard InChI is InChI=1S/C18H16N2/c1-14-7-9-15(10-8-14)11-18-19-12-17(13-20-18)16-5-3-2-4-6-16/h2-10,12-13H,11H2,1H3. The molecule has 0 atom stereocenters. The van der Waals surface area contributed by atoms with Crippen LogP contribution in [0, 0.1) is 6.92 Å². The maximum atomic E-state index is 4.46. The fraction of sp³-hybridized carbons (Fsp3) is 0.111. The Labute approximate surface area is 119 Å². The summed E-state index contributed by atoms with van der Waals surface area (Å²) in [5, 5.41) is 0. The van der Waals surface area contributed by atoms with Crippen molar-refractivity contribution in [2.75, 3.05) is 0 Å². The summed E-state index contributed by atoms with van der Waals surface area (Å²) in [4.78, 5) is 8.92. The molecule has 2 nitrogen and oxygen atoms in total. The van der Waals surface area contributed by atoms with E-state index < -0.39 is 0 Å². The van der Waals surface area contributed by atoms with Crippen LogP contribution in [-0.2, 0) is 6.42 Å². The lowest BCUT2D eigenvalue weighted by molar-refractivity contribution is 0.969. The molecule has 20 heavy (non-hydrogen) atoms. The average molecular weight is 260 g/mol. The summed E-state index contributed by atoms with van der Waals surface area (Å²) in [5.41, 5.74) is 4.71. The van der Waals surface area contributed by atoms with E-state index >= 15 is 0 Å². The Morgan fingerprint density at radius 1 is 0.750 bits per heavy atom. The molecule has 0 amide bonds. The molecule has 1 heterocycles. The van der Waals surface area contributed by atoms with Crippen LogP contribution in [0.3, 0.4) is 0 Å². The number of hydrogen-bond acceptors (Lipinski definition) is 2. The molecule has 0 aliphatic heterocycles. The quantitative estimate of drug-likeness (QED) is 0.710. The molecule has 0 saturated heterocycles. The zero-order chi connectivity index (χ0) is 13.8. The molecule has 2 aromatic carbocycles. The third-order valence-electron chi connectivity index (χ3n) is 3.30. The minimum absolute atomic E-state index is 0.773. The normalized spacial score (nSPS) is 10.4. The molecule has 98 valence electrons. The zero-order valence-electron chi connectivity index (χ0n) is 11.5. The summed E-state index contributed by atoms with van der Waals surface area (Å²) >= 11 is 0. The van der Waals surface area contributed by atoms with Crippen LogP contribution in [0.15, 0.2) is 67.0 Å². The third kappa shape index (κ3) is 2.91. The summed E-state index contributed by atoms with van der Waals surface area (Å²) < 4.78 is 0. The molecular formula is C18H16N2. The van der Waals surface area contributed by atoms with Crippen molar-refractivity contribution in [3.05, 3.63) is 83.9 Å². The first-order valence-electron chi connectivity index (χ1n) is 6.73. The Balaban J connectivity index is 1.78. The minimum atomic E-state index is 0.773. The average Bonchev–Trinajstić information content (AvgIpc) is 2.51. The van der Waals surface area contributed by atoms with Crippen LogP contribution in [0.4, 0.5) is 0 Å². The van der Waals surface area contributed by atoms with Gasteiger partial charge in [-0.25, -0.2) is 9.97 Å². The predicted octanol–water partition coefficient (Wildman–Crippen LogP) is 4.04. The summed E-state index contributed by atoms with van der Waals surface area (Å²) in [5.74, 6) is 0.855. The maximum absolute atomic E-state index is 4.46. The minimum Gasteiger partial charge on any atom is -0.240 e. The summed E-state index contributed by atoms with van der Waals surface area (Å²) in [6.45, 7) is 2.09. The number of aryl methyl sites for hydroxylation is 1. The van der Waals surface area contributed by atoms with Crippen molar-refractivity contribution < 1.29 is 0 Å². The Bertz CT molecular complexity index is 671. The van der Waals surface area contributed by atoms with Gasteiger partial charge in [0.05, 0.1) is 0 Å². The van der Waals surface area contributed by atoms with Crippen LogP contribution in [0.1, 0.15) is 17.0 Å².